The van der Waals surface area contributed by atoms with Gasteiger partial charge in [-0.05, 0) is 42.3 Å². The first-order valence-corrected chi connectivity index (χ1v) is 10.3. The number of amides is 3. The van der Waals surface area contributed by atoms with Crippen LogP contribution in [0.1, 0.15) is 44.8 Å². The van der Waals surface area contributed by atoms with Crippen LogP contribution in [0.25, 0.3) is 0 Å². The molecular formula is C24H19BrN2O3. The minimum atomic E-state index is -0.945. The fourth-order valence-electron chi connectivity index (χ4n) is 3.60. The molecule has 3 aromatic rings. The van der Waals surface area contributed by atoms with Crippen LogP contribution in [0.15, 0.2) is 83.3 Å². The number of carbonyl (C=O) groups is 3. The Balaban J connectivity index is 1.61. The SMILES string of the molecule is C[C@H](C(=O)N[C@H](c1ccccc1)c1ccc(Br)cc1)N1C(=O)c2ccccc2C1=O. The molecule has 4 rings (SSSR count). The van der Waals surface area contributed by atoms with Gasteiger partial charge in [-0.2, -0.15) is 0 Å². The number of nitrogens with one attached hydrogen (secondary N) is 1. The molecule has 1 aliphatic heterocycles. The van der Waals surface area contributed by atoms with Crippen LogP contribution in [0, 0.1) is 0 Å². The van der Waals surface area contributed by atoms with Gasteiger partial charge >= 0.3 is 0 Å². The lowest BCUT2D eigenvalue weighted by molar-refractivity contribution is -0.125. The van der Waals surface area contributed by atoms with Gasteiger partial charge in [-0.25, -0.2) is 0 Å². The summed E-state index contributed by atoms with van der Waals surface area (Å²) in [5, 5.41) is 3.01. The average Bonchev–Trinajstić information content (AvgIpc) is 3.03. The molecule has 3 amide bonds. The lowest BCUT2D eigenvalue weighted by Gasteiger charge is -2.26. The van der Waals surface area contributed by atoms with E-state index in [1.54, 1.807) is 31.2 Å². The van der Waals surface area contributed by atoms with Gasteiger partial charge < -0.3 is 5.32 Å². The van der Waals surface area contributed by atoms with Crippen molar-refractivity contribution in [3.8, 4) is 0 Å². The number of carbonyl (C=O) groups excluding carboxylic acids is 3. The van der Waals surface area contributed by atoms with Gasteiger partial charge in [-0.15, -0.1) is 0 Å². The van der Waals surface area contributed by atoms with Crippen LogP contribution in [0.3, 0.4) is 0 Å². The third-order valence-corrected chi connectivity index (χ3v) is 5.74. The van der Waals surface area contributed by atoms with Gasteiger partial charge in [-0.3, -0.25) is 19.3 Å². The molecule has 0 aromatic heterocycles. The van der Waals surface area contributed by atoms with Crippen LogP contribution in [0.4, 0.5) is 0 Å². The molecule has 3 aromatic carbocycles. The number of imide groups is 1. The van der Waals surface area contributed by atoms with Gasteiger partial charge in [0.1, 0.15) is 6.04 Å². The van der Waals surface area contributed by atoms with Crippen LogP contribution < -0.4 is 5.32 Å². The predicted octanol–water partition coefficient (Wildman–Crippen LogP) is 4.34. The van der Waals surface area contributed by atoms with Gasteiger partial charge in [0.05, 0.1) is 17.2 Å². The van der Waals surface area contributed by atoms with E-state index in [9.17, 15) is 14.4 Å². The largest absolute Gasteiger partial charge is 0.343 e. The lowest BCUT2D eigenvalue weighted by atomic mass is 9.98. The molecule has 6 heteroatoms. The quantitative estimate of drug-likeness (QED) is 0.573. The second-order valence-corrected chi connectivity index (χ2v) is 8.02. The first-order chi connectivity index (χ1) is 14.5. The zero-order valence-corrected chi connectivity index (χ0v) is 17.8. The Morgan fingerprint density at radius 2 is 1.30 bits per heavy atom. The smallest absolute Gasteiger partial charge is 0.262 e. The maximum Gasteiger partial charge on any atom is 0.262 e. The highest BCUT2D eigenvalue weighted by Crippen LogP contribution is 2.27. The molecular weight excluding hydrogens is 444 g/mol. The second-order valence-electron chi connectivity index (χ2n) is 7.11. The summed E-state index contributed by atoms with van der Waals surface area (Å²) in [4.78, 5) is 39.6. The van der Waals surface area contributed by atoms with E-state index in [0.29, 0.717) is 11.1 Å². The fraction of sp³-hybridized carbons (Fsp3) is 0.125. The Labute approximate surface area is 182 Å². The van der Waals surface area contributed by atoms with E-state index in [2.05, 4.69) is 21.2 Å². The number of nitrogens with zero attached hydrogens (tertiary/aromatic N) is 1. The maximum atomic E-state index is 13.1. The highest BCUT2D eigenvalue weighted by atomic mass is 79.9. The number of benzene rings is 3. The molecule has 0 fully saturated rings. The van der Waals surface area contributed by atoms with Crippen molar-refractivity contribution in [1.82, 2.24) is 10.2 Å². The summed E-state index contributed by atoms with van der Waals surface area (Å²) < 4.78 is 0.934. The molecule has 0 spiro atoms. The third kappa shape index (κ3) is 3.66. The molecule has 0 aliphatic carbocycles. The zero-order chi connectivity index (χ0) is 21.3. The summed E-state index contributed by atoms with van der Waals surface area (Å²) in [6, 6.07) is 22.5. The Morgan fingerprint density at radius 1 is 0.800 bits per heavy atom. The molecule has 0 saturated carbocycles. The van der Waals surface area contributed by atoms with Gasteiger partial charge in [-0.1, -0.05) is 70.5 Å². The van der Waals surface area contributed by atoms with Crippen LogP contribution in [0.5, 0.6) is 0 Å². The van der Waals surface area contributed by atoms with Gasteiger partial charge in [0, 0.05) is 4.47 Å². The van der Waals surface area contributed by atoms with Crippen molar-refractivity contribution in [2.24, 2.45) is 0 Å². The van der Waals surface area contributed by atoms with Crippen LogP contribution in [0.2, 0.25) is 0 Å². The standard InChI is InChI=1S/C24H19BrN2O3/c1-15(27-23(29)19-9-5-6-10-20(19)24(27)30)22(28)26-21(16-7-3-2-4-8-16)17-11-13-18(25)14-12-17/h2-15,21H,1H3,(H,26,28)/t15-,21-/m1/s1. The summed E-state index contributed by atoms with van der Waals surface area (Å²) >= 11 is 3.43. The normalized spacial score (nSPS) is 14.9. The molecule has 150 valence electrons. The molecule has 0 saturated heterocycles. The number of fused-ring (bicyclic) bond motifs is 1. The van der Waals surface area contributed by atoms with Crippen molar-refractivity contribution in [3.05, 3.63) is 106 Å². The predicted molar refractivity (Wildman–Crippen MR) is 117 cm³/mol. The van der Waals surface area contributed by atoms with E-state index in [1.165, 1.54) is 0 Å². The van der Waals surface area contributed by atoms with E-state index in [1.807, 2.05) is 54.6 Å². The molecule has 30 heavy (non-hydrogen) atoms. The first kappa shape index (κ1) is 20.0. The van der Waals surface area contributed by atoms with Gasteiger partial charge in [0.25, 0.3) is 11.8 Å². The summed E-state index contributed by atoms with van der Waals surface area (Å²) in [6.45, 7) is 1.57. The first-order valence-electron chi connectivity index (χ1n) is 9.55. The Morgan fingerprint density at radius 3 is 1.87 bits per heavy atom. The summed E-state index contributed by atoms with van der Waals surface area (Å²) in [7, 11) is 0. The molecule has 1 aliphatic rings. The van der Waals surface area contributed by atoms with Crippen molar-refractivity contribution < 1.29 is 14.4 Å². The Bertz CT molecular complexity index is 1080. The molecule has 1 N–H and O–H groups in total. The minimum Gasteiger partial charge on any atom is -0.343 e. The highest BCUT2D eigenvalue weighted by Gasteiger charge is 2.41. The molecule has 0 radical (unpaired) electrons. The number of hydrogen-bond donors (Lipinski definition) is 1. The van der Waals surface area contributed by atoms with Crippen molar-refractivity contribution in [3.63, 3.8) is 0 Å². The van der Waals surface area contributed by atoms with Crippen molar-refractivity contribution in [2.45, 2.75) is 19.0 Å². The molecule has 2 atom stereocenters. The van der Waals surface area contributed by atoms with E-state index in [0.717, 1.165) is 20.5 Å². The molecule has 1 heterocycles. The average molecular weight is 463 g/mol. The van der Waals surface area contributed by atoms with Crippen molar-refractivity contribution >= 4 is 33.7 Å². The summed E-state index contributed by atoms with van der Waals surface area (Å²) in [5.41, 5.74) is 2.46. The minimum absolute atomic E-state index is 0.328. The van der Waals surface area contributed by atoms with Crippen LogP contribution in [-0.2, 0) is 4.79 Å². The number of hydrogen-bond acceptors (Lipinski definition) is 3. The maximum absolute atomic E-state index is 13.1. The van der Waals surface area contributed by atoms with E-state index in [4.69, 9.17) is 0 Å². The van der Waals surface area contributed by atoms with Crippen molar-refractivity contribution in [2.75, 3.05) is 0 Å². The molecule has 5 nitrogen and oxygen atoms in total. The Kier molecular flexibility index (Phi) is 5.50. The fourth-order valence-corrected chi connectivity index (χ4v) is 3.86. The lowest BCUT2D eigenvalue weighted by Crippen LogP contribution is -2.48. The van der Waals surface area contributed by atoms with Gasteiger partial charge in [0.15, 0.2) is 0 Å². The Hall–Kier alpha value is -3.25. The summed E-state index contributed by atoms with van der Waals surface area (Å²) in [6.07, 6.45) is 0. The molecule has 0 unspecified atom stereocenters. The van der Waals surface area contributed by atoms with Crippen LogP contribution in [-0.4, -0.2) is 28.7 Å². The van der Waals surface area contributed by atoms with E-state index >= 15 is 0 Å². The third-order valence-electron chi connectivity index (χ3n) is 5.22. The highest BCUT2D eigenvalue weighted by molar-refractivity contribution is 9.10. The second kappa shape index (κ2) is 8.24. The number of rotatable bonds is 5. The van der Waals surface area contributed by atoms with E-state index in [-0.39, 0.29) is 0 Å². The van der Waals surface area contributed by atoms with Crippen molar-refractivity contribution in [1.29, 1.82) is 0 Å². The topological polar surface area (TPSA) is 66.5 Å². The summed E-state index contributed by atoms with van der Waals surface area (Å²) in [5.74, 6) is -1.29. The molecule has 0 bridgehead atoms. The van der Waals surface area contributed by atoms with Crippen LogP contribution >= 0.6 is 15.9 Å². The van der Waals surface area contributed by atoms with E-state index < -0.39 is 29.8 Å². The monoisotopic (exact) mass is 462 g/mol. The zero-order valence-electron chi connectivity index (χ0n) is 16.2. The van der Waals surface area contributed by atoms with Gasteiger partial charge in [0.2, 0.25) is 5.91 Å². The number of halogens is 1.